The van der Waals surface area contributed by atoms with Crippen molar-refractivity contribution in [1.82, 2.24) is 9.97 Å². The number of amides is 1. The summed E-state index contributed by atoms with van der Waals surface area (Å²) < 4.78 is 4.89. The third kappa shape index (κ3) is 3.04. The van der Waals surface area contributed by atoms with Gasteiger partial charge in [-0.15, -0.1) is 0 Å². The molecule has 0 unspecified atom stereocenters. The van der Waals surface area contributed by atoms with Crippen molar-refractivity contribution in [3.63, 3.8) is 0 Å². The van der Waals surface area contributed by atoms with Gasteiger partial charge in [0.05, 0.1) is 11.0 Å². The van der Waals surface area contributed by atoms with Gasteiger partial charge < -0.3 is 9.72 Å². The number of aromatic amines is 1. The van der Waals surface area contributed by atoms with E-state index in [9.17, 15) is 4.79 Å². The smallest absolute Gasteiger partial charge is 0.226 e. The number of rotatable bonds is 5. The highest BCUT2D eigenvalue weighted by Gasteiger charge is 2.06. The van der Waals surface area contributed by atoms with Gasteiger partial charge in [-0.2, -0.15) is 0 Å². The highest BCUT2D eigenvalue weighted by Crippen LogP contribution is 2.13. The molecular formula is C12H15N3O2. The van der Waals surface area contributed by atoms with Crippen molar-refractivity contribution in [2.45, 2.75) is 12.8 Å². The molecule has 1 aromatic heterocycles. The van der Waals surface area contributed by atoms with Crippen LogP contribution in [0.1, 0.15) is 12.8 Å². The third-order valence-electron chi connectivity index (χ3n) is 2.40. The molecule has 5 nitrogen and oxygen atoms in total. The van der Waals surface area contributed by atoms with E-state index in [-0.39, 0.29) is 5.91 Å². The second-order valence-corrected chi connectivity index (χ2v) is 3.75. The van der Waals surface area contributed by atoms with E-state index in [2.05, 4.69) is 15.3 Å². The molecule has 0 aliphatic heterocycles. The molecule has 0 saturated heterocycles. The highest BCUT2D eigenvalue weighted by molar-refractivity contribution is 5.90. The normalized spacial score (nSPS) is 10.6. The zero-order valence-electron chi connectivity index (χ0n) is 9.69. The standard InChI is InChI=1S/C12H15N3O2/c1-17-8-4-7-11(16)15-12-13-9-5-2-3-6-10(9)14-12/h2-3,5-6H,4,7-8H2,1H3,(H2,13,14,15,16). The summed E-state index contributed by atoms with van der Waals surface area (Å²) >= 11 is 0. The van der Waals surface area contributed by atoms with Crippen LogP contribution >= 0.6 is 0 Å². The van der Waals surface area contributed by atoms with Crippen molar-refractivity contribution in [3.05, 3.63) is 24.3 Å². The Morgan fingerprint density at radius 2 is 2.29 bits per heavy atom. The molecule has 5 heteroatoms. The number of nitrogens with one attached hydrogen (secondary N) is 2. The van der Waals surface area contributed by atoms with Crippen LogP contribution in [-0.4, -0.2) is 29.6 Å². The molecule has 2 N–H and O–H groups in total. The van der Waals surface area contributed by atoms with E-state index in [1.807, 2.05) is 24.3 Å². The molecule has 2 aromatic rings. The zero-order chi connectivity index (χ0) is 12.1. The number of hydrogen-bond donors (Lipinski definition) is 2. The van der Waals surface area contributed by atoms with E-state index < -0.39 is 0 Å². The second-order valence-electron chi connectivity index (χ2n) is 3.75. The Morgan fingerprint density at radius 1 is 1.47 bits per heavy atom. The molecule has 1 aromatic carbocycles. The predicted octanol–water partition coefficient (Wildman–Crippen LogP) is 1.93. The molecule has 0 bridgehead atoms. The Kier molecular flexibility index (Phi) is 3.72. The first-order valence-corrected chi connectivity index (χ1v) is 5.53. The molecule has 90 valence electrons. The molecule has 0 radical (unpaired) electrons. The summed E-state index contributed by atoms with van der Waals surface area (Å²) in [6.45, 7) is 0.591. The van der Waals surface area contributed by atoms with Crippen molar-refractivity contribution < 1.29 is 9.53 Å². The van der Waals surface area contributed by atoms with Gasteiger partial charge in [-0.25, -0.2) is 4.98 Å². The number of methoxy groups -OCH3 is 1. The fourth-order valence-electron chi connectivity index (χ4n) is 1.58. The van der Waals surface area contributed by atoms with E-state index in [1.54, 1.807) is 7.11 Å². The molecule has 1 amide bonds. The van der Waals surface area contributed by atoms with Crippen LogP contribution in [0, 0.1) is 0 Å². The van der Waals surface area contributed by atoms with Gasteiger partial charge >= 0.3 is 0 Å². The molecule has 0 saturated carbocycles. The number of imidazole rings is 1. The number of carbonyl (C=O) groups excluding carboxylic acids is 1. The van der Waals surface area contributed by atoms with E-state index in [1.165, 1.54) is 0 Å². The van der Waals surface area contributed by atoms with Gasteiger partial charge in [0.1, 0.15) is 0 Å². The molecule has 0 fully saturated rings. The molecule has 2 rings (SSSR count). The summed E-state index contributed by atoms with van der Waals surface area (Å²) in [6, 6.07) is 7.65. The van der Waals surface area contributed by atoms with Gasteiger partial charge in [-0.3, -0.25) is 10.1 Å². The monoisotopic (exact) mass is 233 g/mol. The first kappa shape index (κ1) is 11.6. The van der Waals surface area contributed by atoms with Crippen LogP contribution in [0.2, 0.25) is 0 Å². The van der Waals surface area contributed by atoms with Gasteiger partial charge in [0.2, 0.25) is 11.9 Å². The average Bonchev–Trinajstić information content (AvgIpc) is 2.71. The predicted molar refractivity (Wildman–Crippen MR) is 65.8 cm³/mol. The van der Waals surface area contributed by atoms with Gasteiger partial charge in [-0.1, -0.05) is 12.1 Å². The Morgan fingerprint density at radius 3 is 3.06 bits per heavy atom. The number of hydrogen-bond acceptors (Lipinski definition) is 3. The van der Waals surface area contributed by atoms with E-state index in [0.717, 1.165) is 11.0 Å². The van der Waals surface area contributed by atoms with Gasteiger partial charge in [0, 0.05) is 20.1 Å². The van der Waals surface area contributed by atoms with E-state index in [4.69, 9.17) is 4.74 Å². The van der Waals surface area contributed by atoms with Crippen molar-refractivity contribution in [2.24, 2.45) is 0 Å². The minimum Gasteiger partial charge on any atom is -0.385 e. The number of anilines is 1. The van der Waals surface area contributed by atoms with Crippen molar-refractivity contribution in [2.75, 3.05) is 19.0 Å². The Labute approximate surface area is 99.2 Å². The van der Waals surface area contributed by atoms with Crippen LogP contribution in [0.3, 0.4) is 0 Å². The quantitative estimate of drug-likeness (QED) is 0.775. The maximum Gasteiger partial charge on any atom is 0.226 e. The number of nitrogens with zero attached hydrogens (tertiary/aromatic N) is 1. The third-order valence-corrected chi connectivity index (χ3v) is 2.40. The number of fused-ring (bicyclic) bond motifs is 1. The fourth-order valence-corrected chi connectivity index (χ4v) is 1.58. The van der Waals surface area contributed by atoms with Crippen molar-refractivity contribution >= 4 is 22.9 Å². The Hall–Kier alpha value is -1.88. The summed E-state index contributed by atoms with van der Waals surface area (Å²) in [5.74, 6) is 0.440. The van der Waals surface area contributed by atoms with Gasteiger partial charge in [0.25, 0.3) is 0 Å². The molecule has 0 spiro atoms. The van der Waals surface area contributed by atoms with Crippen molar-refractivity contribution in [3.8, 4) is 0 Å². The highest BCUT2D eigenvalue weighted by atomic mass is 16.5. The van der Waals surface area contributed by atoms with Crippen LogP contribution in [0.5, 0.6) is 0 Å². The van der Waals surface area contributed by atoms with Crippen LogP contribution in [-0.2, 0) is 9.53 Å². The van der Waals surface area contributed by atoms with Gasteiger partial charge in [0.15, 0.2) is 0 Å². The summed E-state index contributed by atoms with van der Waals surface area (Å²) in [5, 5.41) is 2.73. The number of ether oxygens (including phenoxy) is 1. The second kappa shape index (κ2) is 5.45. The molecule has 0 atom stereocenters. The maximum absolute atomic E-state index is 11.5. The van der Waals surface area contributed by atoms with Gasteiger partial charge in [-0.05, 0) is 18.6 Å². The molecule has 0 aliphatic rings. The minimum absolute atomic E-state index is 0.0545. The minimum atomic E-state index is -0.0545. The van der Waals surface area contributed by atoms with Crippen LogP contribution < -0.4 is 5.32 Å². The number of H-pyrrole nitrogens is 1. The van der Waals surface area contributed by atoms with Crippen LogP contribution in [0.15, 0.2) is 24.3 Å². The number of carbonyl (C=O) groups is 1. The Bertz CT molecular complexity index is 474. The summed E-state index contributed by atoms with van der Waals surface area (Å²) in [5.41, 5.74) is 1.76. The van der Waals surface area contributed by atoms with Crippen LogP contribution in [0.25, 0.3) is 11.0 Å². The first-order chi connectivity index (χ1) is 8.29. The molecule has 1 heterocycles. The molecular weight excluding hydrogens is 218 g/mol. The Balaban J connectivity index is 1.96. The maximum atomic E-state index is 11.5. The summed E-state index contributed by atoms with van der Waals surface area (Å²) in [4.78, 5) is 18.8. The average molecular weight is 233 g/mol. The SMILES string of the molecule is COCCCC(=O)Nc1nc2ccccc2[nH]1. The molecule has 17 heavy (non-hydrogen) atoms. The lowest BCUT2D eigenvalue weighted by molar-refractivity contribution is -0.116. The number of aromatic nitrogens is 2. The van der Waals surface area contributed by atoms with Crippen molar-refractivity contribution in [1.29, 1.82) is 0 Å². The summed E-state index contributed by atoms with van der Waals surface area (Å²) in [7, 11) is 1.62. The summed E-state index contributed by atoms with van der Waals surface area (Å²) in [6.07, 6.45) is 1.15. The zero-order valence-corrected chi connectivity index (χ0v) is 9.69. The van der Waals surface area contributed by atoms with E-state index in [0.29, 0.717) is 25.4 Å². The van der Waals surface area contributed by atoms with E-state index >= 15 is 0 Å². The largest absolute Gasteiger partial charge is 0.385 e. The first-order valence-electron chi connectivity index (χ1n) is 5.53. The lowest BCUT2D eigenvalue weighted by atomic mass is 10.3. The van der Waals surface area contributed by atoms with Crippen LogP contribution in [0.4, 0.5) is 5.95 Å². The number of para-hydroxylation sites is 2. The number of benzene rings is 1. The molecule has 0 aliphatic carbocycles. The lowest BCUT2D eigenvalue weighted by Gasteiger charge is -2.00. The fraction of sp³-hybridized carbons (Fsp3) is 0.333. The topological polar surface area (TPSA) is 67.0 Å². The lowest BCUT2D eigenvalue weighted by Crippen LogP contribution is -2.12.